The minimum Gasteiger partial charge on any atom is -0.461 e. The molecule has 1 atom stereocenters. The summed E-state index contributed by atoms with van der Waals surface area (Å²) in [7, 11) is -3.80. The van der Waals surface area contributed by atoms with Gasteiger partial charge in [0.2, 0.25) is 0 Å². The summed E-state index contributed by atoms with van der Waals surface area (Å²) in [4.78, 5) is 24.9. The SMILES string of the molecule is O=C(OCC1(COC(=O)c2ccccc2)CC1COS(=O)(=O)Cc1ccccc1)c1ccccc1. The maximum atomic E-state index is 12.5. The zero-order valence-corrected chi connectivity index (χ0v) is 19.9. The first-order valence-corrected chi connectivity index (χ1v) is 12.8. The smallest absolute Gasteiger partial charge is 0.338 e. The Morgan fingerprint density at radius 1 is 0.743 bits per heavy atom. The third kappa shape index (κ3) is 6.77. The van der Waals surface area contributed by atoms with Crippen LogP contribution >= 0.6 is 0 Å². The van der Waals surface area contributed by atoms with Gasteiger partial charge in [-0.2, -0.15) is 8.42 Å². The highest BCUT2D eigenvalue weighted by Gasteiger charge is 2.56. The molecule has 7 nitrogen and oxygen atoms in total. The molecule has 0 radical (unpaired) electrons. The molecule has 1 aliphatic rings. The number of esters is 2. The van der Waals surface area contributed by atoms with Crippen molar-refractivity contribution in [2.24, 2.45) is 11.3 Å². The summed E-state index contributed by atoms with van der Waals surface area (Å²) in [5.74, 6) is -1.48. The number of hydrogen-bond acceptors (Lipinski definition) is 7. The lowest BCUT2D eigenvalue weighted by molar-refractivity contribution is 0.0164. The van der Waals surface area contributed by atoms with Crippen LogP contribution in [0.15, 0.2) is 91.0 Å². The van der Waals surface area contributed by atoms with E-state index in [-0.39, 0.29) is 31.5 Å². The Morgan fingerprint density at radius 2 is 1.20 bits per heavy atom. The number of hydrogen-bond donors (Lipinski definition) is 0. The van der Waals surface area contributed by atoms with Gasteiger partial charge in [-0.25, -0.2) is 9.59 Å². The number of carbonyl (C=O) groups is 2. The standard InChI is InChI=1S/C27H26O7S/c28-25(22-12-6-2-7-13-22)32-19-27(20-33-26(29)23-14-8-3-9-15-23)16-24(27)17-34-35(30,31)18-21-10-4-1-5-11-21/h1-15,24H,16-20H2. The summed E-state index contributed by atoms with van der Waals surface area (Å²) >= 11 is 0. The molecule has 8 heteroatoms. The van der Waals surface area contributed by atoms with E-state index in [0.29, 0.717) is 23.1 Å². The van der Waals surface area contributed by atoms with E-state index >= 15 is 0 Å². The molecule has 35 heavy (non-hydrogen) atoms. The lowest BCUT2D eigenvalue weighted by Crippen LogP contribution is -2.26. The first kappa shape index (κ1) is 24.6. The second kappa shape index (κ2) is 10.8. The van der Waals surface area contributed by atoms with Gasteiger partial charge >= 0.3 is 11.9 Å². The highest BCUT2D eigenvalue weighted by molar-refractivity contribution is 7.85. The fraction of sp³-hybridized carbons (Fsp3) is 0.259. The molecule has 0 spiro atoms. The lowest BCUT2D eigenvalue weighted by Gasteiger charge is -2.18. The highest BCUT2D eigenvalue weighted by atomic mass is 32.2. The van der Waals surface area contributed by atoms with E-state index in [4.69, 9.17) is 13.7 Å². The van der Waals surface area contributed by atoms with Crippen LogP contribution in [0.2, 0.25) is 0 Å². The van der Waals surface area contributed by atoms with E-state index in [0.717, 1.165) is 0 Å². The second-order valence-corrected chi connectivity index (χ2v) is 10.3. The Kier molecular flexibility index (Phi) is 7.63. The molecule has 1 unspecified atom stereocenters. The average Bonchev–Trinajstić information content (AvgIpc) is 3.59. The average molecular weight is 495 g/mol. The summed E-state index contributed by atoms with van der Waals surface area (Å²) in [5, 5.41) is 0. The van der Waals surface area contributed by atoms with Crippen LogP contribution in [0.4, 0.5) is 0 Å². The predicted molar refractivity (Wildman–Crippen MR) is 129 cm³/mol. The van der Waals surface area contributed by atoms with Crippen molar-refractivity contribution < 1.29 is 31.7 Å². The molecular formula is C27H26O7S. The van der Waals surface area contributed by atoms with Crippen molar-refractivity contribution in [1.29, 1.82) is 0 Å². The quantitative estimate of drug-likeness (QED) is 0.290. The molecule has 0 aliphatic heterocycles. The van der Waals surface area contributed by atoms with Gasteiger partial charge in [0.25, 0.3) is 10.1 Å². The van der Waals surface area contributed by atoms with Crippen LogP contribution in [0.5, 0.6) is 0 Å². The molecule has 0 amide bonds. The molecule has 1 aliphatic carbocycles. The Balaban J connectivity index is 1.38. The topological polar surface area (TPSA) is 96.0 Å². The van der Waals surface area contributed by atoms with Gasteiger partial charge in [0.15, 0.2) is 0 Å². The van der Waals surface area contributed by atoms with E-state index < -0.39 is 27.5 Å². The van der Waals surface area contributed by atoms with Crippen LogP contribution in [0.25, 0.3) is 0 Å². The zero-order chi connectivity index (χ0) is 24.7. The van der Waals surface area contributed by atoms with Gasteiger partial charge in [0.05, 0.1) is 17.7 Å². The minimum absolute atomic E-state index is 0.0183. The molecule has 0 aromatic heterocycles. The molecular weight excluding hydrogens is 468 g/mol. The normalized spacial score (nSPS) is 16.3. The highest BCUT2D eigenvalue weighted by Crippen LogP contribution is 2.53. The monoisotopic (exact) mass is 494 g/mol. The summed E-state index contributed by atoms with van der Waals surface area (Å²) in [6.45, 7) is -0.119. The van der Waals surface area contributed by atoms with Gasteiger partial charge in [-0.05, 0) is 42.2 Å². The second-order valence-electron chi connectivity index (χ2n) is 8.62. The number of ether oxygens (including phenoxy) is 2. The number of benzene rings is 3. The van der Waals surface area contributed by atoms with Gasteiger partial charge in [0.1, 0.15) is 19.0 Å². The van der Waals surface area contributed by atoms with Crippen LogP contribution in [0, 0.1) is 11.3 Å². The third-order valence-electron chi connectivity index (χ3n) is 5.99. The maximum absolute atomic E-state index is 12.5. The molecule has 3 aromatic rings. The van der Waals surface area contributed by atoms with Crippen molar-refractivity contribution >= 4 is 22.1 Å². The summed E-state index contributed by atoms with van der Waals surface area (Å²) < 4.78 is 41.2. The van der Waals surface area contributed by atoms with Crippen LogP contribution in [-0.2, 0) is 29.5 Å². The fourth-order valence-corrected chi connectivity index (χ4v) is 4.86. The zero-order valence-electron chi connectivity index (χ0n) is 19.0. The largest absolute Gasteiger partial charge is 0.461 e. The minimum atomic E-state index is -3.80. The molecule has 182 valence electrons. The van der Waals surface area contributed by atoms with E-state index in [1.54, 1.807) is 84.9 Å². The Hall–Kier alpha value is -3.49. The molecule has 3 aromatic carbocycles. The van der Waals surface area contributed by atoms with Crippen LogP contribution in [0.3, 0.4) is 0 Å². The number of rotatable bonds is 11. The lowest BCUT2D eigenvalue weighted by atomic mass is 10.1. The predicted octanol–water partition coefficient (Wildman–Crippen LogP) is 4.25. The molecule has 0 N–H and O–H groups in total. The van der Waals surface area contributed by atoms with Crippen molar-refractivity contribution in [2.45, 2.75) is 12.2 Å². The molecule has 0 heterocycles. The van der Waals surface area contributed by atoms with Gasteiger partial charge in [-0.3, -0.25) is 4.18 Å². The Morgan fingerprint density at radius 3 is 1.69 bits per heavy atom. The van der Waals surface area contributed by atoms with Gasteiger partial charge < -0.3 is 9.47 Å². The van der Waals surface area contributed by atoms with E-state index in [1.165, 1.54) is 0 Å². The first-order valence-electron chi connectivity index (χ1n) is 11.2. The summed E-state index contributed by atoms with van der Waals surface area (Å²) in [6, 6.07) is 25.9. The molecule has 1 saturated carbocycles. The van der Waals surface area contributed by atoms with Gasteiger partial charge in [-0.1, -0.05) is 66.7 Å². The van der Waals surface area contributed by atoms with E-state index in [9.17, 15) is 18.0 Å². The summed E-state index contributed by atoms with van der Waals surface area (Å²) in [6.07, 6.45) is 0.498. The van der Waals surface area contributed by atoms with Crippen LogP contribution in [-0.4, -0.2) is 40.2 Å². The summed E-state index contributed by atoms with van der Waals surface area (Å²) in [5.41, 5.74) is 0.728. The van der Waals surface area contributed by atoms with Crippen LogP contribution in [0.1, 0.15) is 32.7 Å². The van der Waals surface area contributed by atoms with Crippen LogP contribution < -0.4 is 0 Å². The third-order valence-corrected chi connectivity index (χ3v) is 7.18. The van der Waals surface area contributed by atoms with Gasteiger partial charge in [0, 0.05) is 5.41 Å². The van der Waals surface area contributed by atoms with Crippen molar-refractivity contribution in [3.63, 3.8) is 0 Å². The molecule has 0 bridgehead atoms. The molecule has 0 saturated heterocycles. The maximum Gasteiger partial charge on any atom is 0.338 e. The van der Waals surface area contributed by atoms with Gasteiger partial charge in [-0.15, -0.1) is 0 Å². The van der Waals surface area contributed by atoms with Crippen molar-refractivity contribution in [3.8, 4) is 0 Å². The number of carbonyl (C=O) groups excluding carboxylic acids is 2. The molecule has 4 rings (SSSR count). The first-order chi connectivity index (χ1) is 16.9. The Labute approximate surface area is 204 Å². The van der Waals surface area contributed by atoms with E-state index in [1.807, 2.05) is 6.07 Å². The Bertz CT molecular complexity index is 1190. The fourth-order valence-electron chi connectivity index (χ4n) is 3.80. The van der Waals surface area contributed by atoms with E-state index in [2.05, 4.69) is 0 Å². The molecule has 1 fully saturated rings. The van der Waals surface area contributed by atoms with Crippen molar-refractivity contribution in [3.05, 3.63) is 108 Å². The van der Waals surface area contributed by atoms with Crippen molar-refractivity contribution in [2.75, 3.05) is 19.8 Å². The van der Waals surface area contributed by atoms with Crippen molar-refractivity contribution in [1.82, 2.24) is 0 Å².